The topological polar surface area (TPSA) is 58.2 Å². The summed E-state index contributed by atoms with van der Waals surface area (Å²) in [5, 5.41) is 3.33. The number of rotatable bonds is 5. The zero-order chi connectivity index (χ0) is 15.7. The average Bonchev–Trinajstić information content (AvgIpc) is 2.46. The predicted octanol–water partition coefficient (Wildman–Crippen LogP) is 3.07. The molecule has 0 amide bonds. The van der Waals surface area contributed by atoms with Gasteiger partial charge in [0.25, 0.3) is 0 Å². The van der Waals surface area contributed by atoms with Gasteiger partial charge in [-0.25, -0.2) is 13.1 Å². The van der Waals surface area contributed by atoms with Crippen molar-refractivity contribution in [3.63, 3.8) is 0 Å². The molecule has 4 nitrogen and oxygen atoms in total. The zero-order valence-electron chi connectivity index (χ0n) is 13.4. The van der Waals surface area contributed by atoms with Crippen molar-refractivity contribution in [2.45, 2.75) is 51.9 Å². The van der Waals surface area contributed by atoms with Crippen LogP contribution in [0.15, 0.2) is 17.0 Å². The van der Waals surface area contributed by atoms with Crippen molar-refractivity contribution in [2.75, 3.05) is 18.4 Å². The maximum Gasteiger partial charge on any atom is 0.240 e. The Morgan fingerprint density at radius 3 is 2.71 bits per heavy atom. The largest absolute Gasteiger partial charge is 0.385 e. The van der Waals surface area contributed by atoms with Crippen LogP contribution in [0, 0.1) is 12.3 Å². The fourth-order valence-electron chi connectivity index (χ4n) is 2.46. The molecule has 0 radical (unpaired) electrons. The summed E-state index contributed by atoms with van der Waals surface area (Å²) >= 11 is 0. The Morgan fingerprint density at radius 2 is 2.05 bits per heavy atom. The van der Waals surface area contributed by atoms with Crippen molar-refractivity contribution in [1.29, 1.82) is 0 Å². The van der Waals surface area contributed by atoms with Crippen LogP contribution in [0.4, 0.5) is 5.69 Å². The summed E-state index contributed by atoms with van der Waals surface area (Å²) in [6, 6.07) is 3.62. The normalized spacial score (nSPS) is 15.4. The number of nitrogens with one attached hydrogen (secondary N) is 2. The maximum absolute atomic E-state index is 12.6. The van der Waals surface area contributed by atoms with E-state index in [1.807, 2.05) is 13.0 Å². The lowest BCUT2D eigenvalue weighted by Crippen LogP contribution is -2.34. The van der Waals surface area contributed by atoms with Crippen molar-refractivity contribution in [2.24, 2.45) is 5.41 Å². The lowest BCUT2D eigenvalue weighted by atomic mass is 9.91. The molecule has 0 aromatic heterocycles. The third kappa shape index (κ3) is 3.58. The van der Waals surface area contributed by atoms with Crippen LogP contribution in [-0.2, 0) is 16.4 Å². The first-order chi connectivity index (χ1) is 9.77. The number of fused-ring (bicyclic) bond motifs is 1. The van der Waals surface area contributed by atoms with Crippen LogP contribution >= 0.6 is 0 Å². The molecule has 0 atom stereocenters. The molecular weight excluding hydrogens is 284 g/mol. The van der Waals surface area contributed by atoms with Crippen LogP contribution in [-0.4, -0.2) is 21.5 Å². The molecule has 2 N–H and O–H groups in total. The highest BCUT2D eigenvalue weighted by Crippen LogP contribution is 2.31. The molecule has 2 rings (SSSR count). The molecule has 0 saturated heterocycles. The second-order valence-corrected chi connectivity index (χ2v) is 8.34. The summed E-state index contributed by atoms with van der Waals surface area (Å²) in [5.41, 5.74) is 3.01. The van der Waals surface area contributed by atoms with E-state index >= 15 is 0 Å². The quantitative estimate of drug-likeness (QED) is 0.879. The molecule has 0 unspecified atom stereocenters. The number of sulfonamides is 1. The standard InChI is InChI=1S/C16H26N2O2S/c1-5-16(3,4)11-18-21(19,20)14-9-8-12(2)15-13(14)7-6-10-17-15/h8-9,17-18H,5-7,10-11H2,1-4H3. The van der Waals surface area contributed by atoms with E-state index in [1.54, 1.807) is 6.07 Å². The first-order valence-electron chi connectivity index (χ1n) is 7.63. The molecule has 1 aliphatic rings. The fourth-order valence-corrected chi connectivity index (χ4v) is 3.98. The number of hydrogen-bond donors (Lipinski definition) is 2. The minimum absolute atomic E-state index is 0.0317. The smallest absolute Gasteiger partial charge is 0.240 e. The van der Waals surface area contributed by atoms with E-state index in [1.165, 1.54) is 0 Å². The first-order valence-corrected chi connectivity index (χ1v) is 9.11. The number of anilines is 1. The van der Waals surface area contributed by atoms with Crippen molar-refractivity contribution in [3.8, 4) is 0 Å². The molecule has 0 fully saturated rings. The van der Waals surface area contributed by atoms with Gasteiger partial charge in [0, 0.05) is 18.8 Å². The Kier molecular flexibility index (Phi) is 4.63. The summed E-state index contributed by atoms with van der Waals surface area (Å²) in [6.45, 7) is 9.60. The third-order valence-corrected chi connectivity index (χ3v) is 5.86. The van der Waals surface area contributed by atoms with Gasteiger partial charge in [-0.2, -0.15) is 0 Å². The molecule has 1 aromatic carbocycles. The van der Waals surface area contributed by atoms with Crippen molar-refractivity contribution in [3.05, 3.63) is 23.3 Å². The van der Waals surface area contributed by atoms with E-state index in [9.17, 15) is 8.42 Å². The fraction of sp³-hybridized carbons (Fsp3) is 0.625. The van der Waals surface area contributed by atoms with Crippen LogP contribution in [0.5, 0.6) is 0 Å². The Bertz CT molecular complexity index is 621. The van der Waals surface area contributed by atoms with E-state index in [0.717, 1.165) is 42.6 Å². The molecule has 5 heteroatoms. The summed E-state index contributed by atoms with van der Waals surface area (Å²) in [4.78, 5) is 0.433. The second kappa shape index (κ2) is 5.97. The summed E-state index contributed by atoms with van der Waals surface area (Å²) in [6.07, 6.45) is 2.72. The van der Waals surface area contributed by atoms with Gasteiger partial charge in [-0.3, -0.25) is 0 Å². The molecule has 0 spiro atoms. The van der Waals surface area contributed by atoms with E-state index in [4.69, 9.17) is 0 Å². The predicted molar refractivity (Wildman–Crippen MR) is 87.3 cm³/mol. The van der Waals surface area contributed by atoms with Crippen LogP contribution < -0.4 is 10.0 Å². The Hall–Kier alpha value is -1.07. The number of hydrogen-bond acceptors (Lipinski definition) is 3. The monoisotopic (exact) mass is 310 g/mol. The lowest BCUT2D eigenvalue weighted by molar-refractivity contribution is 0.350. The van der Waals surface area contributed by atoms with Gasteiger partial charge in [0.15, 0.2) is 0 Å². The molecule has 1 aromatic rings. The molecule has 0 saturated carbocycles. The van der Waals surface area contributed by atoms with Crippen LogP contribution in [0.25, 0.3) is 0 Å². The number of benzene rings is 1. The van der Waals surface area contributed by atoms with Gasteiger partial charge in [0.1, 0.15) is 0 Å². The van der Waals surface area contributed by atoms with Gasteiger partial charge >= 0.3 is 0 Å². The molecule has 0 bridgehead atoms. The van der Waals surface area contributed by atoms with Gasteiger partial charge in [-0.05, 0) is 48.8 Å². The highest BCUT2D eigenvalue weighted by molar-refractivity contribution is 7.89. The SMILES string of the molecule is CCC(C)(C)CNS(=O)(=O)c1ccc(C)c2c1CCCN2. The van der Waals surface area contributed by atoms with Crippen LogP contribution in [0.2, 0.25) is 0 Å². The van der Waals surface area contributed by atoms with E-state index in [2.05, 4.69) is 30.8 Å². The zero-order valence-corrected chi connectivity index (χ0v) is 14.2. The molecule has 0 aliphatic carbocycles. The third-order valence-electron chi connectivity index (χ3n) is 4.37. The minimum Gasteiger partial charge on any atom is -0.385 e. The number of aryl methyl sites for hydroxylation is 1. The molecule has 21 heavy (non-hydrogen) atoms. The Balaban J connectivity index is 2.33. The van der Waals surface area contributed by atoms with Gasteiger partial charge in [0.05, 0.1) is 4.90 Å². The van der Waals surface area contributed by atoms with Gasteiger partial charge in [0.2, 0.25) is 10.0 Å². The lowest BCUT2D eigenvalue weighted by Gasteiger charge is -2.25. The van der Waals surface area contributed by atoms with Crippen molar-refractivity contribution in [1.82, 2.24) is 4.72 Å². The van der Waals surface area contributed by atoms with Crippen LogP contribution in [0.3, 0.4) is 0 Å². The maximum atomic E-state index is 12.6. The summed E-state index contributed by atoms with van der Waals surface area (Å²) in [5.74, 6) is 0. The Labute approximate surface area is 128 Å². The van der Waals surface area contributed by atoms with Crippen molar-refractivity contribution >= 4 is 15.7 Å². The highest BCUT2D eigenvalue weighted by Gasteiger charge is 2.25. The van der Waals surface area contributed by atoms with Gasteiger partial charge < -0.3 is 5.32 Å². The Morgan fingerprint density at radius 1 is 1.33 bits per heavy atom. The summed E-state index contributed by atoms with van der Waals surface area (Å²) in [7, 11) is -3.45. The first kappa shape index (κ1) is 16.3. The van der Waals surface area contributed by atoms with E-state index in [0.29, 0.717) is 11.4 Å². The van der Waals surface area contributed by atoms with Gasteiger partial charge in [-0.1, -0.05) is 26.8 Å². The van der Waals surface area contributed by atoms with Gasteiger partial charge in [-0.15, -0.1) is 0 Å². The van der Waals surface area contributed by atoms with E-state index in [-0.39, 0.29) is 5.41 Å². The average molecular weight is 310 g/mol. The molecular formula is C16H26N2O2S. The van der Waals surface area contributed by atoms with Crippen molar-refractivity contribution < 1.29 is 8.42 Å². The van der Waals surface area contributed by atoms with Crippen LogP contribution in [0.1, 0.15) is 44.7 Å². The highest BCUT2D eigenvalue weighted by atomic mass is 32.2. The minimum atomic E-state index is -3.45. The second-order valence-electron chi connectivity index (χ2n) is 6.61. The van der Waals surface area contributed by atoms with E-state index < -0.39 is 10.0 Å². The molecule has 1 heterocycles. The summed E-state index contributed by atoms with van der Waals surface area (Å²) < 4.78 is 28.1. The molecule has 1 aliphatic heterocycles. The molecule has 118 valence electrons.